The average Bonchev–Trinajstić information content (AvgIpc) is 2.17. The van der Waals surface area contributed by atoms with Gasteiger partial charge in [-0.25, -0.2) is 0 Å². The Hall–Kier alpha value is -1.63. The molecule has 0 aliphatic carbocycles. The van der Waals surface area contributed by atoms with Crippen LogP contribution < -0.4 is 0 Å². The van der Waals surface area contributed by atoms with Crippen molar-refractivity contribution < 1.29 is 0 Å². The molecule has 0 saturated carbocycles. The number of nitrogens with zero attached hydrogens (tertiary/aromatic N) is 1. The number of rotatable bonds is 3. The summed E-state index contributed by atoms with van der Waals surface area (Å²) in [6, 6.07) is 4.01. The van der Waals surface area contributed by atoms with Gasteiger partial charge in [0.2, 0.25) is 0 Å². The SMILES string of the molecule is C=C(C)/C=C(C)/C=C(\C)c1cccnc1. The zero-order valence-corrected chi connectivity index (χ0v) is 9.62. The van der Waals surface area contributed by atoms with E-state index in [4.69, 9.17) is 0 Å². The normalized spacial score (nSPS) is 12.7. The minimum Gasteiger partial charge on any atom is -0.264 e. The number of hydrogen-bond acceptors (Lipinski definition) is 1. The van der Waals surface area contributed by atoms with Crippen molar-refractivity contribution in [1.29, 1.82) is 0 Å². The zero-order valence-electron chi connectivity index (χ0n) is 9.62. The third kappa shape index (κ3) is 3.94. The Balaban J connectivity index is 2.90. The molecule has 0 bridgehead atoms. The molecule has 0 radical (unpaired) electrons. The standard InChI is InChI=1S/C14H17N/c1-11(2)8-12(3)9-13(4)14-6-5-7-15-10-14/h5-10H,1H2,2-4H3/b12-8+,13-9+. The second-order valence-electron chi connectivity index (χ2n) is 3.80. The molecule has 0 N–H and O–H groups in total. The van der Waals surface area contributed by atoms with Crippen LogP contribution in [0, 0.1) is 0 Å². The van der Waals surface area contributed by atoms with Crippen molar-refractivity contribution in [2.75, 3.05) is 0 Å². The van der Waals surface area contributed by atoms with E-state index in [1.165, 1.54) is 11.1 Å². The first-order valence-corrected chi connectivity index (χ1v) is 5.02. The highest BCUT2D eigenvalue weighted by Crippen LogP contribution is 2.14. The molecule has 1 heterocycles. The molecule has 0 unspecified atom stereocenters. The second kappa shape index (κ2) is 5.30. The molecular formula is C14H17N. The lowest BCUT2D eigenvalue weighted by molar-refractivity contribution is 1.30. The number of hydrogen-bond donors (Lipinski definition) is 0. The van der Waals surface area contributed by atoms with E-state index in [0.29, 0.717) is 0 Å². The number of allylic oxidation sites excluding steroid dienone is 5. The van der Waals surface area contributed by atoms with Crippen molar-refractivity contribution in [3.05, 3.63) is 60.0 Å². The van der Waals surface area contributed by atoms with Gasteiger partial charge in [-0.1, -0.05) is 35.9 Å². The first-order valence-electron chi connectivity index (χ1n) is 5.02. The fourth-order valence-electron chi connectivity index (χ4n) is 1.45. The predicted octanol–water partition coefficient (Wildman–Crippen LogP) is 4.01. The highest BCUT2D eigenvalue weighted by molar-refractivity contribution is 5.65. The third-order valence-corrected chi connectivity index (χ3v) is 2.04. The number of pyridine rings is 1. The van der Waals surface area contributed by atoms with E-state index in [0.717, 1.165) is 11.1 Å². The summed E-state index contributed by atoms with van der Waals surface area (Å²) < 4.78 is 0. The first kappa shape index (κ1) is 11.4. The molecule has 1 heteroatoms. The molecule has 0 aliphatic heterocycles. The molecule has 0 amide bonds. The average molecular weight is 199 g/mol. The molecule has 0 aliphatic rings. The Morgan fingerprint density at radius 2 is 2.00 bits per heavy atom. The Morgan fingerprint density at radius 3 is 2.53 bits per heavy atom. The monoisotopic (exact) mass is 199 g/mol. The van der Waals surface area contributed by atoms with Gasteiger partial charge >= 0.3 is 0 Å². The van der Waals surface area contributed by atoms with E-state index in [-0.39, 0.29) is 0 Å². The van der Waals surface area contributed by atoms with Gasteiger partial charge in [0.25, 0.3) is 0 Å². The van der Waals surface area contributed by atoms with E-state index in [1.807, 2.05) is 19.2 Å². The minimum atomic E-state index is 1.07. The van der Waals surface area contributed by atoms with Crippen LogP contribution in [-0.2, 0) is 0 Å². The van der Waals surface area contributed by atoms with Crippen LogP contribution in [0.25, 0.3) is 5.57 Å². The van der Waals surface area contributed by atoms with Crippen molar-refractivity contribution in [3.63, 3.8) is 0 Å². The summed E-state index contributed by atoms with van der Waals surface area (Å²) in [6.07, 6.45) is 7.87. The van der Waals surface area contributed by atoms with Crippen molar-refractivity contribution in [3.8, 4) is 0 Å². The molecule has 0 atom stereocenters. The lowest BCUT2D eigenvalue weighted by atomic mass is 10.1. The van der Waals surface area contributed by atoms with Gasteiger partial charge in [-0.2, -0.15) is 0 Å². The maximum atomic E-state index is 4.10. The predicted molar refractivity (Wildman–Crippen MR) is 66.5 cm³/mol. The zero-order chi connectivity index (χ0) is 11.3. The van der Waals surface area contributed by atoms with Crippen molar-refractivity contribution in [2.45, 2.75) is 20.8 Å². The van der Waals surface area contributed by atoms with E-state index >= 15 is 0 Å². The minimum absolute atomic E-state index is 1.07. The van der Waals surface area contributed by atoms with E-state index in [9.17, 15) is 0 Å². The highest BCUT2D eigenvalue weighted by atomic mass is 14.6. The summed E-state index contributed by atoms with van der Waals surface area (Å²) >= 11 is 0. The van der Waals surface area contributed by atoms with Crippen LogP contribution in [0.4, 0.5) is 0 Å². The Bertz CT molecular complexity index is 397. The van der Waals surface area contributed by atoms with Crippen LogP contribution in [-0.4, -0.2) is 4.98 Å². The van der Waals surface area contributed by atoms with E-state index in [2.05, 4.69) is 43.6 Å². The number of aromatic nitrogens is 1. The summed E-state index contributed by atoms with van der Waals surface area (Å²) in [7, 11) is 0. The maximum Gasteiger partial charge on any atom is 0.0342 e. The Morgan fingerprint density at radius 1 is 1.27 bits per heavy atom. The lowest BCUT2D eigenvalue weighted by Gasteiger charge is -2.01. The molecule has 0 spiro atoms. The summed E-state index contributed by atoms with van der Waals surface area (Å²) in [6.45, 7) is 10.0. The Kier molecular flexibility index (Phi) is 4.04. The van der Waals surface area contributed by atoms with E-state index < -0.39 is 0 Å². The molecule has 1 aromatic heterocycles. The van der Waals surface area contributed by atoms with Gasteiger partial charge in [0.05, 0.1) is 0 Å². The molecule has 0 fully saturated rings. The molecular weight excluding hydrogens is 182 g/mol. The van der Waals surface area contributed by atoms with Crippen molar-refractivity contribution in [2.24, 2.45) is 0 Å². The summed E-state index contributed by atoms with van der Waals surface area (Å²) in [5.41, 5.74) is 4.66. The van der Waals surface area contributed by atoms with Gasteiger partial charge in [-0.3, -0.25) is 4.98 Å². The molecule has 78 valence electrons. The first-order chi connectivity index (χ1) is 7.09. The lowest BCUT2D eigenvalue weighted by Crippen LogP contribution is -1.81. The van der Waals surface area contributed by atoms with Crippen LogP contribution in [0.1, 0.15) is 26.3 Å². The maximum absolute atomic E-state index is 4.10. The molecule has 0 saturated heterocycles. The van der Waals surface area contributed by atoms with Crippen molar-refractivity contribution in [1.82, 2.24) is 4.98 Å². The molecule has 1 nitrogen and oxygen atoms in total. The Labute approximate surface area is 91.9 Å². The fourth-order valence-corrected chi connectivity index (χ4v) is 1.45. The third-order valence-electron chi connectivity index (χ3n) is 2.04. The topological polar surface area (TPSA) is 12.9 Å². The summed E-state index contributed by atoms with van der Waals surface area (Å²) in [4.78, 5) is 4.10. The molecule has 1 rings (SSSR count). The van der Waals surface area contributed by atoms with Gasteiger partial charge < -0.3 is 0 Å². The molecule has 1 aromatic rings. The van der Waals surface area contributed by atoms with Gasteiger partial charge in [0.15, 0.2) is 0 Å². The van der Waals surface area contributed by atoms with E-state index in [1.54, 1.807) is 6.20 Å². The quantitative estimate of drug-likeness (QED) is 0.670. The van der Waals surface area contributed by atoms with Crippen LogP contribution >= 0.6 is 0 Å². The molecule has 0 aromatic carbocycles. The van der Waals surface area contributed by atoms with Gasteiger partial charge in [-0.15, -0.1) is 0 Å². The summed E-state index contributed by atoms with van der Waals surface area (Å²) in [5.74, 6) is 0. The fraction of sp³-hybridized carbons (Fsp3) is 0.214. The van der Waals surface area contributed by atoms with Gasteiger partial charge in [0, 0.05) is 12.4 Å². The molecule has 15 heavy (non-hydrogen) atoms. The highest BCUT2D eigenvalue weighted by Gasteiger charge is 1.94. The largest absolute Gasteiger partial charge is 0.264 e. The van der Waals surface area contributed by atoms with Crippen LogP contribution in [0.5, 0.6) is 0 Å². The van der Waals surface area contributed by atoms with Gasteiger partial charge in [-0.05, 0) is 38.0 Å². The van der Waals surface area contributed by atoms with Crippen molar-refractivity contribution >= 4 is 5.57 Å². The van der Waals surface area contributed by atoms with Crippen LogP contribution in [0.15, 0.2) is 54.4 Å². The summed E-state index contributed by atoms with van der Waals surface area (Å²) in [5, 5.41) is 0. The smallest absolute Gasteiger partial charge is 0.0342 e. The van der Waals surface area contributed by atoms with Crippen LogP contribution in [0.3, 0.4) is 0 Å². The second-order valence-corrected chi connectivity index (χ2v) is 3.80. The van der Waals surface area contributed by atoms with Crippen LogP contribution in [0.2, 0.25) is 0 Å². The van der Waals surface area contributed by atoms with Gasteiger partial charge in [0.1, 0.15) is 0 Å².